The molecule has 0 aliphatic heterocycles. The first-order chi connectivity index (χ1) is 12.6. The van der Waals surface area contributed by atoms with Gasteiger partial charge in [-0.2, -0.15) is 0 Å². The van der Waals surface area contributed by atoms with Crippen molar-refractivity contribution < 1.29 is 9.21 Å². The van der Waals surface area contributed by atoms with E-state index in [4.69, 9.17) is 4.42 Å². The lowest BCUT2D eigenvalue weighted by atomic mass is 10.2. The molecule has 8 heteroatoms. The maximum Gasteiger partial charge on any atom is 0.206 e. The van der Waals surface area contributed by atoms with Crippen LogP contribution in [0.3, 0.4) is 0 Å². The van der Waals surface area contributed by atoms with Gasteiger partial charge >= 0.3 is 0 Å². The van der Waals surface area contributed by atoms with E-state index in [1.807, 2.05) is 32.0 Å². The van der Waals surface area contributed by atoms with E-state index in [9.17, 15) is 4.79 Å². The van der Waals surface area contributed by atoms with Gasteiger partial charge in [-0.05, 0) is 38.5 Å². The molecule has 0 atom stereocenters. The lowest BCUT2D eigenvalue weighted by Gasteiger charge is -2.07. The number of carbonyl (C=O) groups is 1. The zero-order valence-corrected chi connectivity index (χ0v) is 16.7. The summed E-state index contributed by atoms with van der Waals surface area (Å²) in [6, 6.07) is 5.74. The van der Waals surface area contributed by atoms with Crippen LogP contribution in [0.2, 0.25) is 0 Å². The van der Waals surface area contributed by atoms with Gasteiger partial charge in [0.2, 0.25) is 5.13 Å². The molecule has 0 fully saturated rings. The highest BCUT2D eigenvalue weighted by molar-refractivity contribution is 8.01. The molecule has 0 aliphatic rings. The molecule has 0 aromatic carbocycles. The number of thioether (sulfide) groups is 1. The number of ketones is 1. The van der Waals surface area contributed by atoms with Gasteiger partial charge < -0.3 is 14.3 Å². The Morgan fingerprint density at radius 3 is 2.96 bits per heavy atom. The second-order valence-electron chi connectivity index (χ2n) is 5.95. The normalized spacial score (nSPS) is 11.0. The maximum absolute atomic E-state index is 12.6. The van der Waals surface area contributed by atoms with Crippen LogP contribution in [0.4, 0.5) is 5.13 Å². The third-order valence-electron chi connectivity index (χ3n) is 4.05. The summed E-state index contributed by atoms with van der Waals surface area (Å²) < 4.78 is 8.26. The summed E-state index contributed by atoms with van der Waals surface area (Å²) in [5, 5.41) is 12.1. The number of anilines is 1. The van der Waals surface area contributed by atoms with E-state index < -0.39 is 0 Å². The minimum Gasteiger partial charge on any atom is -0.467 e. The van der Waals surface area contributed by atoms with Crippen LogP contribution in [0, 0.1) is 13.8 Å². The fraction of sp³-hybridized carbons (Fsp3) is 0.389. The summed E-state index contributed by atoms with van der Waals surface area (Å²) in [7, 11) is 0. The smallest absolute Gasteiger partial charge is 0.206 e. The Labute approximate surface area is 161 Å². The zero-order chi connectivity index (χ0) is 18.5. The number of furan rings is 1. The molecule has 1 N–H and O–H groups in total. The summed E-state index contributed by atoms with van der Waals surface area (Å²) in [5.41, 5.74) is 3.00. The van der Waals surface area contributed by atoms with Gasteiger partial charge in [0.15, 0.2) is 10.1 Å². The first-order valence-electron chi connectivity index (χ1n) is 8.51. The van der Waals surface area contributed by atoms with Crippen LogP contribution in [0.5, 0.6) is 0 Å². The fourth-order valence-corrected chi connectivity index (χ4v) is 4.40. The highest BCUT2D eigenvalue weighted by Gasteiger charge is 2.16. The Kier molecular flexibility index (Phi) is 6.16. The monoisotopic (exact) mass is 390 g/mol. The lowest BCUT2D eigenvalue weighted by molar-refractivity contribution is 0.102. The topological polar surface area (TPSA) is 73.0 Å². The molecular formula is C18H22N4O2S2. The molecule has 0 bridgehead atoms. The molecule has 138 valence electrons. The Morgan fingerprint density at radius 2 is 2.23 bits per heavy atom. The molecule has 3 heterocycles. The third kappa shape index (κ3) is 4.37. The van der Waals surface area contributed by atoms with Crippen LogP contribution in [-0.2, 0) is 13.1 Å². The summed E-state index contributed by atoms with van der Waals surface area (Å²) in [4.78, 5) is 12.6. The van der Waals surface area contributed by atoms with E-state index in [0.29, 0.717) is 12.3 Å². The van der Waals surface area contributed by atoms with E-state index in [-0.39, 0.29) is 5.78 Å². The molecule has 0 saturated heterocycles. The number of Topliss-reactive ketones (excluding diaryl/α,β-unsaturated/α-hetero) is 1. The molecule has 0 radical (unpaired) electrons. The first-order valence-corrected chi connectivity index (χ1v) is 10.3. The molecule has 3 rings (SSSR count). The van der Waals surface area contributed by atoms with Gasteiger partial charge in [-0.25, -0.2) is 0 Å². The summed E-state index contributed by atoms with van der Waals surface area (Å²) >= 11 is 2.87. The molecule has 26 heavy (non-hydrogen) atoms. The van der Waals surface area contributed by atoms with Gasteiger partial charge in [0.1, 0.15) is 5.76 Å². The predicted molar refractivity (Wildman–Crippen MR) is 105 cm³/mol. The Bertz CT molecular complexity index is 868. The molecule has 3 aromatic heterocycles. The number of aryl methyl sites for hydroxylation is 1. The minimum absolute atomic E-state index is 0.130. The molecule has 0 unspecified atom stereocenters. The summed E-state index contributed by atoms with van der Waals surface area (Å²) in [5.74, 6) is 1.33. The minimum atomic E-state index is 0.130. The quantitative estimate of drug-likeness (QED) is 0.427. The van der Waals surface area contributed by atoms with Crippen LogP contribution >= 0.6 is 23.1 Å². The van der Waals surface area contributed by atoms with Crippen LogP contribution in [-0.4, -0.2) is 26.3 Å². The van der Waals surface area contributed by atoms with E-state index in [2.05, 4.69) is 27.0 Å². The van der Waals surface area contributed by atoms with Crippen molar-refractivity contribution in [3.05, 3.63) is 47.2 Å². The SMILES string of the molecule is CCCn1c(C)cc(C(=O)CSc2nnc(NCc3ccco3)s2)c1C. The lowest BCUT2D eigenvalue weighted by Crippen LogP contribution is -2.06. The average molecular weight is 391 g/mol. The number of carbonyl (C=O) groups excluding carboxylic acids is 1. The Hall–Kier alpha value is -2.06. The van der Waals surface area contributed by atoms with E-state index in [0.717, 1.165) is 45.1 Å². The zero-order valence-electron chi connectivity index (χ0n) is 15.1. The molecule has 0 spiro atoms. The third-order valence-corrected chi connectivity index (χ3v) is 6.06. The highest BCUT2D eigenvalue weighted by atomic mass is 32.2. The van der Waals surface area contributed by atoms with Gasteiger partial charge in [-0.3, -0.25) is 4.79 Å². The summed E-state index contributed by atoms with van der Waals surface area (Å²) in [6.07, 6.45) is 2.69. The molecule has 0 saturated carbocycles. The van der Waals surface area contributed by atoms with Gasteiger partial charge in [0, 0.05) is 23.5 Å². The standard InChI is InChI=1S/C18H22N4O2S2/c1-4-7-22-12(2)9-15(13(22)3)16(23)11-25-18-21-20-17(26-18)19-10-14-6-5-8-24-14/h5-6,8-9H,4,7,10-11H2,1-3H3,(H,19,20). The number of hydrogen-bond acceptors (Lipinski definition) is 7. The van der Waals surface area contributed by atoms with Gasteiger partial charge in [-0.15, -0.1) is 10.2 Å². The molecule has 6 nitrogen and oxygen atoms in total. The largest absolute Gasteiger partial charge is 0.467 e. The van der Waals surface area contributed by atoms with E-state index in [1.54, 1.807) is 6.26 Å². The van der Waals surface area contributed by atoms with Crippen molar-refractivity contribution in [3.8, 4) is 0 Å². The van der Waals surface area contributed by atoms with Crippen molar-refractivity contribution in [2.24, 2.45) is 0 Å². The second-order valence-corrected chi connectivity index (χ2v) is 8.15. The van der Waals surface area contributed by atoms with Crippen molar-refractivity contribution in [3.63, 3.8) is 0 Å². The van der Waals surface area contributed by atoms with Crippen molar-refractivity contribution in [2.75, 3.05) is 11.1 Å². The average Bonchev–Trinajstić information content (AvgIpc) is 3.35. The second kappa shape index (κ2) is 8.55. The predicted octanol–water partition coefficient (Wildman–Crippen LogP) is 4.55. The molecule has 0 amide bonds. The maximum atomic E-state index is 12.6. The van der Waals surface area contributed by atoms with Crippen molar-refractivity contribution in [1.29, 1.82) is 0 Å². The Morgan fingerprint density at radius 1 is 1.38 bits per heavy atom. The number of hydrogen-bond donors (Lipinski definition) is 1. The van der Waals surface area contributed by atoms with Crippen molar-refractivity contribution in [2.45, 2.75) is 44.6 Å². The van der Waals surface area contributed by atoms with Crippen molar-refractivity contribution >= 4 is 34.0 Å². The highest BCUT2D eigenvalue weighted by Crippen LogP contribution is 2.27. The Balaban J connectivity index is 1.56. The molecule has 0 aliphatic carbocycles. The van der Waals surface area contributed by atoms with Gasteiger partial charge in [0.05, 0.1) is 18.6 Å². The van der Waals surface area contributed by atoms with Crippen LogP contribution < -0.4 is 5.32 Å². The number of nitrogens with one attached hydrogen (secondary N) is 1. The van der Waals surface area contributed by atoms with Crippen molar-refractivity contribution in [1.82, 2.24) is 14.8 Å². The fourth-order valence-electron chi connectivity index (χ4n) is 2.77. The molecular weight excluding hydrogens is 368 g/mol. The van der Waals surface area contributed by atoms with Crippen LogP contribution in [0.1, 0.15) is 40.9 Å². The molecule has 3 aromatic rings. The van der Waals surface area contributed by atoms with Crippen LogP contribution in [0.25, 0.3) is 0 Å². The summed E-state index contributed by atoms with van der Waals surface area (Å²) in [6.45, 7) is 7.72. The van der Waals surface area contributed by atoms with Gasteiger partial charge in [-0.1, -0.05) is 30.0 Å². The van der Waals surface area contributed by atoms with E-state index >= 15 is 0 Å². The number of rotatable bonds is 9. The first kappa shape index (κ1) is 18.7. The number of nitrogens with zero attached hydrogens (tertiary/aromatic N) is 3. The van der Waals surface area contributed by atoms with Gasteiger partial charge in [0.25, 0.3) is 0 Å². The van der Waals surface area contributed by atoms with E-state index in [1.165, 1.54) is 23.1 Å². The number of aromatic nitrogens is 3. The van der Waals surface area contributed by atoms with Crippen LogP contribution in [0.15, 0.2) is 33.2 Å².